The SMILES string of the molecule is CC(C)C1CNc2cccc(C#N)c2NC1=O. The van der Waals surface area contributed by atoms with E-state index in [-0.39, 0.29) is 17.7 Å². The largest absolute Gasteiger partial charge is 0.383 e. The van der Waals surface area contributed by atoms with E-state index in [9.17, 15) is 4.79 Å². The molecule has 1 aromatic carbocycles. The predicted octanol–water partition coefficient (Wildman–Crippen LogP) is 2.19. The lowest BCUT2D eigenvalue weighted by Gasteiger charge is -2.16. The molecule has 1 aliphatic rings. The average Bonchev–Trinajstić information content (AvgIpc) is 2.46. The van der Waals surface area contributed by atoms with Crippen molar-refractivity contribution in [1.29, 1.82) is 5.26 Å². The standard InChI is InChI=1S/C13H15N3O/c1-8(2)10-7-15-11-5-3-4-9(6-14)12(11)16-13(10)17/h3-5,8,10,15H,7H2,1-2H3,(H,16,17). The summed E-state index contributed by atoms with van der Waals surface area (Å²) < 4.78 is 0. The Hall–Kier alpha value is -2.02. The van der Waals surface area contributed by atoms with Crippen LogP contribution in [-0.2, 0) is 4.79 Å². The highest BCUT2D eigenvalue weighted by molar-refractivity contribution is 5.99. The Morgan fingerprint density at radius 1 is 1.47 bits per heavy atom. The molecule has 0 radical (unpaired) electrons. The summed E-state index contributed by atoms with van der Waals surface area (Å²) in [5.41, 5.74) is 1.91. The van der Waals surface area contributed by atoms with Gasteiger partial charge in [0, 0.05) is 6.54 Å². The summed E-state index contributed by atoms with van der Waals surface area (Å²) in [5.74, 6) is 0.172. The van der Waals surface area contributed by atoms with Crippen LogP contribution in [-0.4, -0.2) is 12.5 Å². The van der Waals surface area contributed by atoms with Crippen LogP contribution in [0.5, 0.6) is 0 Å². The molecule has 2 rings (SSSR count). The number of nitrogens with one attached hydrogen (secondary N) is 2. The summed E-state index contributed by atoms with van der Waals surface area (Å²) in [7, 11) is 0. The maximum absolute atomic E-state index is 12.0. The summed E-state index contributed by atoms with van der Waals surface area (Å²) in [5, 5.41) is 15.1. The van der Waals surface area contributed by atoms with Crippen LogP contribution < -0.4 is 10.6 Å². The second kappa shape index (κ2) is 4.46. The second-order valence-electron chi connectivity index (χ2n) is 4.56. The first-order valence-electron chi connectivity index (χ1n) is 5.71. The molecule has 0 bridgehead atoms. The Morgan fingerprint density at radius 3 is 2.88 bits per heavy atom. The molecule has 17 heavy (non-hydrogen) atoms. The Labute approximate surface area is 101 Å². The van der Waals surface area contributed by atoms with Crippen molar-refractivity contribution in [3.8, 4) is 6.07 Å². The topological polar surface area (TPSA) is 64.9 Å². The van der Waals surface area contributed by atoms with Crippen LogP contribution in [0.3, 0.4) is 0 Å². The van der Waals surface area contributed by atoms with E-state index in [0.717, 1.165) is 5.69 Å². The highest BCUT2D eigenvalue weighted by Gasteiger charge is 2.26. The second-order valence-corrected chi connectivity index (χ2v) is 4.56. The van der Waals surface area contributed by atoms with Gasteiger partial charge in [-0.3, -0.25) is 4.79 Å². The normalized spacial score (nSPS) is 18.7. The third-order valence-corrected chi connectivity index (χ3v) is 3.09. The van der Waals surface area contributed by atoms with E-state index in [1.807, 2.05) is 26.0 Å². The van der Waals surface area contributed by atoms with Crippen molar-refractivity contribution in [3.05, 3.63) is 23.8 Å². The third kappa shape index (κ3) is 2.09. The van der Waals surface area contributed by atoms with E-state index < -0.39 is 0 Å². The van der Waals surface area contributed by atoms with Gasteiger partial charge < -0.3 is 10.6 Å². The van der Waals surface area contributed by atoms with Crippen LogP contribution in [0.25, 0.3) is 0 Å². The van der Waals surface area contributed by atoms with Crippen LogP contribution >= 0.6 is 0 Å². The van der Waals surface area contributed by atoms with Crippen molar-refractivity contribution >= 4 is 17.3 Å². The summed E-state index contributed by atoms with van der Waals surface area (Å²) >= 11 is 0. The van der Waals surface area contributed by atoms with Gasteiger partial charge in [-0.2, -0.15) is 5.26 Å². The molecule has 1 aliphatic heterocycles. The maximum Gasteiger partial charge on any atom is 0.229 e. The molecule has 0 saturated heterocycles. The van der Waals surface area contributed by atoms with Gasteiger partial charge in [0.2, 0.25) is 5.91 Å². The zero-order valence-corrected chi connectivity index (χ0v) is 9.95. The van der Waals surface area contributed by atoms with Crippen molar-refractivity contribution in [1.82, 2.24) is 0 Å². The minimum atomic E-state index is -0.0751. The van der Waals surface area contributed by atoms with Gasteiger partial charge in [-0.1, -0.05) is 19.9 Å². The van der Waals surface area contributed by atoms with E-state index >= 15 is 0 Å². The van der Waals surface area contributed by atoms with Gasteiger partial charge in [-0.05, 0) is 18.1 Å². The molecule has 2 N–H and O–H groups in total. The number of amides is 1. The van der Waals surface area contributed by atoms with Gasteiger partial charge in [0.05, 0.1) is 22.9 Å². The molecule has 0 spiro atoms. The molecule has 4 heteroatoms. The molecule has 1 atom stereocenters. The minimum absolute atomic E-state index is 0.0195. The first kappa shape index (κ1) is 11.5. The fourth-order valence-corrected chi connectivity index (χ4v) is 1.99. The van der Waals surface area contributed by atoms with E-state index in [2.05, 4.69) is 16.7 Å². The molecule has 0 aromatic heterocycles. The summed E-state index contributed by atoms with van der Waals surface area (Å²) in [4.78, 5) is 12.0. The lowest BCUT2D eigenvalue weighted by molar-refractivity contribution is -0.120. The Kier molecular flexibility index (Phi) is 3.01. The highest BCUT2D eigenvalue weighted by atomic mass is 16.2. The van der Waals surface area contributed by atoms with Gasteiger partial charge in [0.1, 0.15) is 6.07 Å². The molecule has 1 unspecified atom stereocenters. The van der Waals surface area contributed by atoms with E-state index in [4.69, 9.17) is 5.26 Å². The fraction of sp³-hybridized carbons (Fsp3) is 0.385. The first-order chi connectivity index (χ1) is 8.13. The number of anilines is 2. The number of benzene rings is 1. The lowest BCUT2D eigenvalue weighted by Crippen LogP contribution is -2.30. The molecule has 0 aliphatic carbocycles. The van der Waals surface area contributed by atoms with Crippen LogP contribution in [0, 0.1) is 23.2 Å². The molecule has 0 saturated carbocycles. The number of hydrogen-bond acceptors (Lipinski definition) is 3. The van der Waals surface area contributed by atoms with Crippen molar-refractivity contribution < 1.29 is 4.79 Å². The molecule has 0 fully saturated rings. The quantitative estimate of drug-likeness (QED) is 0.775. The summed E-state index contributed by atoms with van der Waals surface area (Å²) in [6.07, 6.45) is 0. The van der Waals surface area contributed by atoms with Gasteiger partial charge >= 0.3 is 0 Å². The number of rotatable bonds is 1. The van der Waals surface area contributed by atoms with Crippen molar-refractivity contribution in [2.75, 3.05) is 17.2 Å². The smallest absolute Gasteiger partial charge is 0.229 e. The third-order valence-electron chi connectivity index (χ3n) is 3.09. The lowest BCUT2D eigenvalue weighted by atomic mass is 9.95. The van der Waals surface area contributed by atoms with Crippen LogP contribution in [0.2, 0.25) is 0 Å². The first-order valence-corrected chi connectivity index (χ1v) is 5.71. The van der Waals surface area contributed by atoms with Crippen LogP contribution in [0.15, 0.2) is 18.2 Å². The van der Waals surface area contributed by atoms with E-state index in [0.29, 0.717) is 17.8 Å². The number of carbonyl (C=O) groups is 1. The Bertz CT molecular complexity index is 488. The number of nitriles is 1. The molecule has 1 heterocycles. The summed E-state index contributed by atoms with van der Waals surface area (Å²) in [6.45, 7) is 4.64. The highest BCUT2D eigenvalue weighted by Crippen LogP contribution is 2.30. The zero-order valence-electron chi connectivity index (χ0n) is 9.95. The van der Waals surface area contributed by atoms with Gasteiger partial charge in [-0.15, -0.1) is 0 Å². The minimum Gasteiger partial charge on any atom is -0.383 e. The molecular formula is C13H15N3O. The Morgan fingerprint density at radius 2 is 2.24 bits per heavy atom. The monoisotopic (exact) mass is 229 g/mol. The number of nitrogens with zero attached hydrogens (tertiary/aromatic N) is 1. The Balaban J connectivity index is 2.39. The van der Waals surface area contributed by atoms with Gasteiger partial charge in [0.15, 0.2) is 0 Å². The summed E-state index contributed by atoms with van der Waals surface area (Å²) in [6, 6.07) is 7.48. The number of hydrogen-bond donors (Lipinski definition) is 2. The van der Waals surface area contributed by atoms with E-state index in [1.165, 1.54) is 0 Å². The maximum atomic E-state index is 12.0. The predicted molar refractivity (Wildman–Crippen MR) is 66.6 cm³/mol. The molecule has 1 amide bonds. The van der Waals surface area contributed by atoms with Crippen molar-refractivity contribution in [3.63, 3.8) is 0 Å². The fourth-order valence-electron chi connectivity index (χ4n) is 1.99. The van der Waals surface area contributed by atoms with Crippen molar-refractivity contribution in [2.24, 2.45) is 11.8 Å². The zero-order chi connectivity index (χ0) is 12.4. The van der Waals surface area contributed by atoms with Crippen LogP contribution in [0.1, 0.15) is 19.4 Å². The number of para-hydroxylation sites is 1. The van der Waals surface area contributed by atoms with E-state index in [1.54, 1.807) is 6.07 Å². The molecule has 4 nitrogen and oxygen atoms in total. The van der Waals surface area contributed by atoms with Gasteiger partial charge in [-0.25, -0.2) is 0 Å². The number of carbonyl (C=O) groups excluding carboxylic acids is 1. The average molecular weight is 229 g/mol. The molecule has 88 valence electrons. The molecule has 1 aromatic rings. The number of fused-ring (bicyclic) bond motifs is 1. The van der Waals surface area contributed by atoms with Gasteiger partial charge in [0.25, 0.3) is 0 Å². The van der Waals surface area contributed by atoms with Crippen LogP contribution in [0.4, 0.5) is 11.4 Å². The molecular weight excluding hydrogens is 214 g/mol. The van der Waals surface area contributed by atoms with Crippen molar-refractivity contribution in [2.45, 2.75) is 13.8 Å².